The topological polar surface area (TPSA) is 12.9 Å². The second-order valence-electron chi connectivity index (χ2n) is 3.88. The third-order valence-corrected chi connectivity index (χ3v) is 3.55. The smallest absolute Gasteiger partial charge is 0.133 e. The van der Waals surface area contributed by atoms with Crippen molar-refractivity contribution in [1.82, 2.24) is 4.98 Å². The molecule has 3 aromatic rings. The summed E-state index contributed by atoms with van der Waals surface area (Å²) in [4.78, 5) is 4.49. The van der Waals surface area contributed by atoms with Crippen LogP contribution in [0.15, 0.2) is 60.0 Å². The van der Waals surface area contributed by atoms with Gasteiger partial charge in [-0.25, -0.2) is 9.37 Å². The Bertz CT molecular complexity index is 661. The van der Waals surface area contributed by atoms with Crippen LogP contribution < -0.4 is 0 Å². The number of benzene rings is 2. The fraction of sp³-hybridized carbons (Fsp3) is 0. The van der Waals surface area contributed by atoms with E-state index in [1.165, 1.54) is 17.4 Å². The minimum Gasteiger partial charge on any atom is -0.236 e. The number of hydrogen-bond donors (Lipinski definition) is 0. The van der Waals surface area contributed by atoms with Crippen molar-refractivity contribution in [2.75, 3.05) is 0 Å². The Morgan fingerprint density at radius 2 is 1.61 bits per heavy atom. The van der Waals surface area contributed by atoms with E-state index < -0.39 is 0 Å². The quantitative estimate of drug-likeness (QED) is 0.651. The van der Waals surface area contributed by atoms with Crippen molar-refractivity contribution in [3.05, 3.63) is 65.8 Å². The normalized spacial score (nSPS) is 10.5. The number of thiazole rings is 1. The largest absolute Gasteiger partial charge is 0.236 e. The molecule has 0 aliphatic heterocycles. The zero-order valence-corrected chi connectivity index (χ0v) is 10.3. The van der Waals surface area contributed by atoms with Gasteiger partial charge in [-0.2, -0.15) is 0 Å². The molecule has 1 heterocycles. The zero-order valence-electron chi connectivity index (χ0n) is 9.51. The Morgan fingerprint density at radius 3 is 2.39 bits per heavy atom. The summed E-state index contributed by atoms with van der Waals surface area (Å²) in [6, 6.07) is 16.6. The molecule has 0 fully saturated rings. The molecule has 1 aromatic heterocycles. The molecule has 88 valence electrons. The number of hydrogen-bond acceptors (Lipinski definition) is 2. The molecule has 0 bridgehead atoms. The first-order valence-corrected chi connectivity index (χ1v) is 6.48. The third kappa shape index (κ3) is 2.05. The Morgan fingerprint density at radius 1 is 0.889 bits per heavy atom. The van der Waals surface area contributed by atoms with Crippen LogP contribution in [0.3, 0.4) is 0 Å². The highest BCUT2D eigenvalue weighted by atomic mass is 32.1. The highest BCUT2D eigenvalue weighted by molar-refractivity contribution is 7.13. The maximum Gasteiger partial charge on any atom is 0.133 e. The van der Waals surface area contributed by atoms with E-state index in [4.69, 9.17) is 0 Å². The molecule has 0 atom stereocenters. The molecule has 0 saturated carbocycles. The van der Waals surface area contributed by atoms with E-state index in [9.17, 15) is 4.39 Å². The second-order valence-corrected chi connectivity index (χ2v) is 4.74. The van der Waals surface area contributed by atoms with E-state index in [1.807, 2.05) is 41.8 Å². The van der Waals surface area contributed by atoms with Gasteiger partial charge in [-0.3, -0.25) is 0 Å². The summed E-state index contributed by atoms with van der Waals surface area (Å²) < 4.78 is 13.7. The molecule has 0 unspecified atom stereocenters. The Labute approximate surface area is 109 Å². The summed E-state index contributed by atoms with van der Waals surface area (Å²) in [7, 11) is 0. The molecule has 2 aromatic carbocycles. The van der Waals surface area contributed by atoms with Crippen LogP contribution in [0.5, 0.6) is 0 Å². The molecule has 1 nitrogen and oxygen atoms in total. The summed E-state index contributed by atoms with van der Waals surface area (Å²) in [6.07, 6.45) is 0. The van der Waals surface area contributed by atoms with Crippen LogP contribution in [0.2, 0.25) is 0 Å². The van der Waals surface area contributed by atoms with Crippen molar-refractivity contribution in [2.24, 2.45) is 0 Å². The van der Waals surface area contributed by atoms with Gasteiger partial charge in [0.2, 0.25) is 0 Å². The van der Waals surface area contributed by atoms with Gasteiger partial charge in [0.15, 0.2) is 0 Å². The molecule has 3 rings (SSSR count). The fourth-order valence-electron chi connectivity index (χ4n) is 1.77. The van der Waals surface area contributed by atoms with E-state index in [0.29, 0.717) is 10.6 Å². The van der Waals surface area contributed by atoms with Crippen molar-refractivity contribution < 1.29 is 4.39 Å². The highest BCUT2D eigenvalue weighted by Crippen LogP contribution is 2.30. The van der Waals surface area contributed by atoms with E-state index in [-0.39, 0.29) is 5.82 Å². The molecule has 0 saturated heterocycles. The monoisotopic (exact) mass is 255 g/mol. The first-order chi connectivity index (χ1) is 8.84. The first-order valence-electron chi connectivity index (χ1n) is 5.60. The Kier molecular flexibility index (Phi) is 2.90. The molecule has 0 N–H and O–H groups in total. The van der Waals surface area contributed by atoms with E-state index in [1.54, 1.807) is 12.1 Å². The molecule has 0 radical (unpaired) electrons. The minimum atomic E-state index is -0.230. The van der Waals surface area contributed by atoms with Crippen LogP contribution in [0.1, 0.15) is 0 Å². The van der Waals surface area contributed by atoms with Crippen LogP contribution in [0.25, 0.3) is 21.8 Å². The Hall–Kier alpha value is -2.00. The fourth-order valence-corrected chi connectivity index (χ4v) is 2.63. The average molecular weight is 255 g/mol. The van der Waals surface area contributed by atoms with Gasteiger partial charge in [-0.1, -0.05) is 42.5 Å². The summed E-state index contributed by atoms with van der Waals surface area (Å²) in [6.45, 7) is 0. The SMILES string of the molecule is Fc1ccccc1-c1nc(-c2ccccc2)cs1. The molecule has 0 amide bonds. The zero-order chi connectivity index (χ0) is 12.4. The highest BCUT2D eigenvalue weighted by Gasteiger charge is 2.09. The lowest BCUT2D eigenvalue weighted by Gasteiger charge is -1.97. The number of rotatable bonds is 2. The predicted molar refractivity (Wildman–Crippen MR) is 72.9 cm³/mol. The molecule has 3 heteroatoms. The van der Waals surface area contributed by atoms with E-state index in [0.717, 1.165) is 11.3 Å². The van der Waals surface area contributed by atoms with Crippen LogP contribution >= 0.6 is 11.3 Å². The molecular formula is C15H10FNS. The standard InChI is InChI=1S/C15H10FNS/c16-13-9-5-4-8-12(13)15-17-14(10-18-15)11-6-2-1-3-7-11/h1-10H. The first kappa shape index (κ1) is 11.1. The molecule has 0 aliphatic rings. The van der Waals surface area contributed by atoms with Crippen LogP contribution in [0, 0.1) is 5.82 Å². The Balaban J connectivity index is 2.03. The summed E-state index contributed by atoms with van der Waals surface area (Å²) in [5.41, 5.74) is 2.50. The van der Waals surface area contributed by atoms with Gasteiger partial charge < -0.3 is 0 Å². The van der Waals surface area contributed by atoms with Crippen LogP contribution in [-0.4, -0.2) is 4.98 Å². The second kappa shape index (κ2) is 4.70. The number of aromatic nitrogens is 1. The van der Waals surface area contributed by atoms with Gasteiger partial charge in [0.1, 0.15) is 10.8 Å². The predicted octanol–water partition coefficient (Wildman–Crippen LogP) is 4.62. The van der Waals surface area contributed by atoms with Gasteiger partial charge in [-0.15, -0.1) is 11.3 Å². The summed E-state index contributed by atoms with van der Waals surface area (Å²) >= 11 is 1.46. The van der Waals surface area contributed by atoms with Gasteiger partial charge in [0.05, 0.1) is 5.69 Å². The van der Waals surface area contributed by atoms with Gasteiger partial charge in [0, 0.05) is 16.5 Å². The summed E-state index contributed by atoms with van der Waals surface area (Å²) in [5, 5.41) is 2.67. The van der Waals surface area contributed by atoms with E-state index >= 15 is 0 Å². The molecule has 0 spiro atoms. The van der Waals surface area contributed by atoms with Gasteiger partial charge >= 0.3 is 0 Å². The minimum absolute atomic E-state index is 0.230. The summed E-state index contributed by atoms with van der Waals surface area (Å²) in [5.74, 6) is -0.230. The van der Waals surface area contributed by atoms with Crippen molar-refractivity contribution >= 4 is 11.3 Å². The lowest BCUT2D eigenvalue weighted by atomic mass is 10.2. The third-order valence-electron chi connectivity index (χ3n) is 2.68. The van der Waals surface area contributed by atoms with Gasteiger partial charge in [0.25, 0.3) is 0 Å². The lowest BCUT2D eigenvalue weighted by Crippen LogP contribution is -1.83. The molecule has 18 heavy (non-hydrogen) atoms. The van der Waals surface area contributed by atoms with Crippen molar-refractivity contribution in [3.63, 3.8) is 0 Å². The van der Waals surface area contributed by atoms with Gasteiger partial charge in [-0.05, 0) is 12.1 Å². The van der Waals surface area contributed by atoms with E-state index in [2.05, 4.69) is 4.98 Å². The van der Waals surface area contributed by atoms with Crippen LogP contribution in [-0.2, 0) is 0 Å². The molecule has 0 aliphatic carbocycles. The maximum atomic E-state index is 13.7. The maximum absolute atomic E-state index is 13.7. The average Bonchev–Trinajstić information content (AvgIpc) is 2.90. The van der Waals surface area contributed by atoms with Crippen molar-refractivity contribution in [3.8, 4) is 21.8 Å². The van der Waals surface area contributed by atoms with Crippen molar-refractivity contribution in [1.29, 1.82) is 0 Å². The lowest BCUT2D eigenvalue weighted by molar-refractivity contribution is 0.631. The molecular weight excluding hydrogens is 245 g/mol. The van der Waals surface area contributed by atoms with Crippen molar-refractivity contribution in [2.45, 2.75) is 0 Å². The van der Waals surface area contributed by atoms with Crippen LogP contribution in [0.4, 0.5) is 4.39 Å². The number of halogens is 1. The number of nitrogens with zero attached hydrogens (tertiary/aromatic N) is 1.